The smallest absolute Gasteiger partial charge is 0.328 e. The Morgan fingerprint density at radius 2 is 1.84 bits per heavy atom. The van der Waals surface area contributed by atoms with E-state index in [1.165, 1.54) is 4.90 Å². The van der Waals surface area contributed by atoms with Gasteiger partial charge in [-0.25, -0.2) is 14.8 Å². The molecule has 1 aliphatic heterocycles. The van der Waals surface area contributed by atoms with Gasteiger partial charge in [-0.05, 0) is 37.1 Å². The van der Waals surface area contributed by atoms with Gasteiger partial charge < -0.3 is 14.9 Å². The molecule has 130 valence electrons. The highest BCUT2D eigenvalue weighted by molar-refractivity contribution is 5.98. The van der Waals surface area contributed by atoms with Gasteiger partial charge in [0.05, 0.1) is 6.54 Å². The van der Waals surface area contributed by atoms with Gasteiger partial charge in [0, 0.05) is 31.0 Å². The SMILES string of the molecule is Cc1cccc(C(=O)N2CCN(c3ncccn3)CC2C(=O)O)c1C. The molecule has 2 heterocycles. The summed E-state index contributed by atoms with van der Waals surface area (Å²) in [7, 11) is 0. The van der Waals surface area contributed by atoms with Gasteiger partial charge in [0.15, 0.2) is 0 Å². The van der Waals surface area contributed by atoms with Crippen LogP contribution >= 0.6 is 0 Å². The quantitative estimate of drug-likeness (QED) is 0.911. The third-order valence-electron chi connectivity index (χ3n) is 4.60. The van der Waals surface area contributed by atoms with Crippen LogP contribution in [0.1, 0.15) is 21.5 Å². The van der Waals surface area contributed by atoms with Gasteiger partial charge in [-0.1, -0.05) is 12.1 Å². The van der Waals surface area contributed by atoms with Crippen molar-refractivity contribution in [1.29, 1.82) is 0 Å². The third-order valence-corrected chi connectivity index (χ3v) is 4.60. The van der Waals surface area contributed by atoms with E-state index >= 15 is 0 Å². The van der Waals surface area contributed by atoms with Crippen molar-refractivity contribution in [2.75, 3.05) is 24.5 Å². The average Bonchev–Trinajstić information content (AvgIpc) is 2.63. The highest BCUT2D eigenvalue weighted by Gasteiger charge is 2.36. The number of carboxylic acids is 1. The average molecular weight is 340 g/mol. The molecule has 0 saturated carbocycles. The summed E-state index contributed by atoms with van der Waals surface area (Å²) >= 11 is 0. The van der Waals surface area contributed by atoms with Crippen LogP contribution in [-0.2, 0) is 4.79 Å². The minimum atomic E-state index is -1.03. The fourth-order valence-electron chi connectivity index (χ4n) is 3.01. The molecule has 3 rings (SSSR count). The van der Waals surface area contributed by atoms with Gasteiger partial charge in [-0.3, -0.25) is 4.79 Å². The number of rotatable bonds is 3. The number of carbonyl (C=O) groups excluding carboxylic acids is 1. The summed E-state index contributed by atoms with van der Waals surface area (Å²) in [4.78, 5) is 36.3. The van der Waals surface area contributed by atoms with Crippen LogP contribution in [0.4, 0.5) is 5.95 Å². The lowest BCUT2D eigenvalue weighted by atomic mass is 10.0. The lowest BCUT2D eigenvalue weighted by molar-refractivity contribution is -0.142. The van der Waals surface area contributed by atoms with Gasteiger partial charge in [0.2, 0.25) is 5.95 Å². The van der Waals surface area contributed by atoms with Gasteiger partial charge in [-0.15, -0.1) is 0 Å². The molecule has 1 atom stereocenters. The number of aliphatic carboxylic acids is 1. The molecule has 25 heavy (non-hydrogen) atoms. The minimum absolute atomic E-state index is 0.163. The molecule has 1 aromatic carbocycles. The number of amides is 1. The fraction of sp³-hybridized carbons (Fsp3) is 0.333. The van der Waals surface area contributed by atoms with Crippen LogP contribution in [0.15, 0.2) is 36.7 Å². The van der Waals surface area contributed by atoms with E-state index in [0.29, 0.717) is 24.6 Å². The largest absolute Gasteiger partial charge is 0.480 e. The maximum atomic E-state index is 12.9. The highest BCUT2D eigenvalue weighted by Crippen LogP contribution is 2.20. The van der Waals surface area contributed by atoms with E-state index in [1.54, 1.807) is 29.4 Å². The predicted octanol–water partition coefficient (Wildman–Crippen LogP) is 1.51. The van der Waals surface area contributed by atoms with Crippen LogP contribution in [0.5, 0.6) is 0 Å². The molecule has 7 heteroatoms. The van der Waals surface area contributed by atoms with E-state index in [-0.39, 0.29) is 12.5 Å². The fourth-order valence-corrected chi connectivity index (χ4v) is 3.01. The minimum Gasteiger partial charge on any atom is -0.480 e. The number of anilines is 1. The Balaban J connectivity index is 1.86. The maximum Gasteiger partial charge on any atom is 0.328 e. The lowest BCUT2D eigenvalue weighted by Gasteiger charge is -2.39. The number of aryl methyl sites for hydroxylation is 1. The Labute approximate surface area is 145 Å². The first-order valence-corrected chi connectivity index (χ1v) is 8.11. The highest BCUT2D eigenvalue weighted by atomic mass is 16.4. The number of hydrogen-bond donors (Lipinski definition) is 1. The standard InChI is InChI=1S/C18H20N4O3/c1-12-5-3-6-14(13(12)2)16(23)22-10-9-21(11-15(22)17(24)25)18-19-7-4-8-20-18/h3-8,15H,9-11H2,1-2H3,(H,24,25). The number of carboxylic acid groups (broad SMARTS) is 1. The Bertz CT molecular complexity index is 794. The number of piperazine rings is 1. The van der Waals surface area contributed by atoms with E-state index in [1.807, 2.05) is 26.0 Å². The van der Waals surface area contributed by atoms with Crippen molar-refractivity contribution < 1.29 is 14.7 Å². The van der Waals surface area contributed by atoms with E-state index in [2.05, 4.69) is 9.97 Å². The van der Waals surface area contributed by atoms with Crippen molar-refractivity contribution in [1.82, 2.24) is 14.9 Å². The molecule has 0 bridgehead atoms. The molecule has 1 aliphatic rings. The first-order valence-electron chi connectivity index (χ1n) is 8.11. The number of carbonyl (C=O) groups is 2. The van der Waals surface area contributed by atoms with Crippen molar-refractivity contribution in [3.63, 3.8) is 0 Å². The van der Waals surface area contributed by atoms with Crippen molar-refractivity contribution in [3.05, 3.63) is 53.3 Å². The second-order valence-corrected chi connectivity index (χ2v) is 6.09. The molecule has 1 unspecified atom stereocenters. The summed E-state index contributed by atoms with van der Waals surface area (Å²) < 4.78 is 0. The maximum absolute atomic E-state index is 12.9. The van der Waals surface area contributed by atoms with E-state index in [4.69, 9.17) is 0 Å². The molecular formula is C18H20N4O3. The predicted molar refractivity (Wildman–Crippen MR) is 92.6 cm³/mol. The van der Waals surface area contributed by atoms with Gasteiger partial charge in [-0.2, -0.15) is 0 Å². The molecule has 0 aliphatic carbocycles. The van der Waals surface area contributed by atoms with Crippen molar-refractivity contribution >= 4 is 17.8 Å². The van der Waals surface area contributed by atoms with Crippen molar-refractivity contribution in [2.24, 2.45) is 0 Å². The van der Waals surface area contributed by atoms with Crippen molar-refractivity contribution in [3.8, 4) is 0 Å². The Morgan fingerprint density at radius 1 is 1.12 bits per heavy atom. The molecule has 7 nitrogen and oxygen atoms in total. The summed E-state index contributed by atoms with van der Waals surface area (Å²) in [6.07, 6.45) is 3.23. The zero-order valence-electron chi connectivity index (χ0n) is 14.2. The van der Waals surface area contributed by atoms with Crippen LogP contribution in [0, 0.1) is 13.8 Å². The summed E-state index contributed by atoms with van der Waals surface area (Å²) in [6, 6.07) is 6.27. The number of aromatic nitrogens is 2. The molecule has 1 saturated heterocycles. The molecule has 1 aromatic heterocycles. The monoisotopic (exact) mass is 340 g/mol. The summed E-state index contributed by atoms with van der Waals surface area (Å²) in [5.41, 5.74) is 2.44. The van der Waals surface area contributed by atoms with E-state index in [9.17, 15) is 14.7 Å². The van der Waals surface area contributed by atoms with E-state index in [0.717, 1.165) is 11.1 Å². The van der Waals surface area contributed by atoms with Crippen LogP contribution in [0.3, 0.4) is 0 Å². The normalized spacial score (nSPS) is 17.4. The molecular weight excluding hydrogens is 320 g/mol. The summed E-state index contributed by atoms with van der Waals surface area (Å²) in [5.74, 6) is -0.797. The second-order valence-electron chi connectivity index (χ2n) is 6.09. The summed E-state index contributed by atoms with van der Waals surface area (Å²) in [6.45, 7) is 4.78. The van der Waals surface area contributed by atoms with Gasteiger partial charge in [0.1, 0.15) is 6.04 Å². The zero-order chi connectivity index (χ0) is 18.0. The molecule has 0 radical (unpaired) electrons. The Hall–Kier alpha value is -2.96. The van der Waals surface area contributed by atoms with Crippen LogP contribution in [0.2, 0.25) is 0 Å². The lowest BCUT2D eigenvalue weighted by Crippen LogP contribution is -2.58. The molecule has 0 spiro atoms. The first kappa shape index (κ1) is 16.9. The second kappa shape index (κ2) is 6.88. The van der Waals surface area contributed by atoms with E-state index < -0.39 is 12.0 Å². The molecule has 1 fully saturated rings. The Morgan fingerprint density at radius 3 is 2.52 bits per heavy atom. The molecule has 1 N–H and O–H groups in total. The molecule has 2 aromatic rings. The number of benzene rings is 1. The van der Waals surface area contributed by atoms with Gasteiger partial charge in [0.25, 0.3) is 5.91 Å². The first-order chi connectivity index (χ1) is 12.0. The van der Waals surface area contributed by atoms with Gasteiger partial charge >= 0.3 is 5.97 Å². The topological polar surface area (TPSA) is 86.6 Å². The van der Waals surface area contributed by atoms with Crippen LogP contribution < -0.4 is 4.90 Å². The van der Waals surface area contributed by atoms with Crippen LogP contribution in [0.25, 0.3) is 0 Å². The number of hydrogen-bond acceptors (Lipinski definition) is 5. The van der Waals surface area contributed by atoms with Crippen molar-refractivity contribution in [2.45, 2.75) is 19.9 Å². The zero-order valence-corrected chi connectivity index (χ0v) is 14.2. The third kappa shape index (κ3) is 3.31. The molecule has 1 amide bonds. The Kier molecular flexibility index (Phi) is 4.65. The van der Waals surface area contributed by atoms with Crippen LogP contribution in [-0.4, -0.2) is 57.5 Å². The summed E-state index contributed by atoms with van der Waals surface area (Å²) in [5, 5.41) is 9.63. The number of nitrogens with zero attached hydrogens (tertiary/aromatic N) is 4.